The van der Waals surface area contributed by atoms with E-state index in [-0.39, 0.29) is 0 Å². The van der Waals surface area contributed by atoms with Gasteiger partial charge in [0.1, 0.15) is 0 Å². The van der Waals surface area contributed by atoms with Crippen LogP contribution in [0.4, 0.5) is 0 Å². The minimum absolute atomic E-state index is 0.791. The molecule has 13 heavy (non-hydrogen) atoms. The Bertz CT molecular complexity index is 333. The second-order valence-electron chi connectivity index (χ2n) is 2.80. The van der Waals surface area contributed by atoms with Gasteiger partial charge in [0.2, 0.25) is 0 Å². The van der Waals surface area contributed by atoms with Gasteiger partial charge >= 0.3 is 0 Å². The fourth-order valence-corrected chi connectivity index (χ4v) is 1.04. The summed E-state index contributed by atoms with van der Waals surface area (Å²) < 4.78 is 0. The minimum atomic E-state index is 0.791. The molecule has 1 nitrogen and oxygen atoms in total. The lowest BCUT2D eigenvalue weighted by Crippen LogP contribution is -1.95. The first-order valence-electron chi connectivity index (χ1n) is 4.16. The molecule has 0 aliphatic rings. The Morgan fingerprint density at radius 3 is 2.38 bits per heavy atom. The van der Waals surface area contributed by atoms with E-state index < -0.39 is 0 Å². The van der Waals surface area contributed by atoms with Gasteiger partial charge in [-0.25, -0.2) is 0 Å². The average Bonchev–Trinajstić information content (AvgIpc) is 2.15. The van der Waals surface area contributed by atoms with E-state index in [4.69, 9.17) is 0 Å². The van der Waals surface area contributed by atoms with Crippen molar-refractivity contribution in [3.05, 3.63) is 60.8 Å². The summed E-state index contributed by atoms with van der Waals surface area (Å²) in [6.07, 6.45) is 1.74. The maximum absolute atomic E-state index is 4.27. The van der Waals surface area contributed by atoms with Crippen molar-refractivity contribution in [1.82, 2.24) is 0 Å². The van der Waals surface area contributed by atoms with Gasteiger partial charge in [0, 0.05) is 11.3 Å². The van der Waals surface area contributed by atoms with Gasteiger partial charge in [-0.3, -0.25) is 4.99 Å². The van der Waals surface area contributed by atoms with Crippen LogP contribution in [0.15, 0.2) is 60.3 Å². The predicted octanol–water partition coefficient (Wildman–Crippen LogP) is 3.20. The maximum atomic E-state index is 4.27. The van der Waals surface area contributed by atoms with Crippen molar-refractivity contribution in [3.8, 4) is 0 Å². The van der Waals surface area contributed by atoms with E-state index >= 15 is 0 Å². The number of nitrogens with zero attached hydrogens (tertiary/aromatic N) is 1. The van der Waals surface area contributed by atoms with Crippen LogP contribution in [0.3, 0.4) is 0 Å². The van der Waals surface area contributed by atoms with E-state index in [9.17, 15) is 0 Å². The van der Waals surface area contributed by atoms with Gasteiger partial charge in [-0.15, -0.1) is 0 Å². The zero-order chi connectivity index (χ0) is 9.68. The van der Waals surface area contributed by atoms with Crippen molar-refractivity contribution in [3.63, 3.8) is 0 Å². The van der Waals surface area contributed by atoms with Crippen LogP contribution in [0, 0.1) is 0 Å². The third-order valence-corrected chi connectivity index (χ3v) is 1.57. The van der Waals surface area contributed by atoms with Gasteiger partial charge in [0.25, 0.3) is 0 Å². The van der Waals surface area contributed by atoms with E-state index in [1.165, 1.54) is 0 Å². The molecule has 0 N–H and O–H groups in total. The molecule has 1 rings (SSSR count). The Morgan fingerprint density at radius 2 is 1.92 bits per heavy atom. The molecule has 0 bridgehead atoms. The van der Waals surface area contributed by atoms with Crippen LogP contribution in [0.5, 0.6) is 0 Å². The van der Waals surface area contributed by atoms with Crippen LogP contribution in [0.2, 0.25) is 0 Å². The van der Waals surface area contributed by atoms with Gasteiger partial charge in [-0.1, -0.05) is 43.5 Å². The summed E-state index contributed by atoms with van der Waals surface area (Å²) in [5.74, 6) is 0. The van der Waals surface area contributed by atoms with E-state index in [0.717, 1.165) is 17.0 Å². The molecular formula is C12H13N. The average molecular weight is 171 g/mol. The highest BCUT2D eigenvalue weighted by Gasteiger charge is 1.96. The summed E-state index contributed by atoms with van der Waals surface area (Å²) in [5, 5.41) is 0. The highest BCUT2D eigenvalue weighted by molar-refractivity contribution is 6.08. The Labute approximate surface area is 79.1 Å². The Kier molecular flexibility index (Phi) is 3.21. The van der Waals surface area contributed by atoms with Gasteiger partial charge < -0.3 is 0 Å². The molecule has 0 aliphatic heterocycles. The van der Waals surface area contributed by atoms with E-state index in [1.54, 1.807) is 6.08 Å². The van der Waals surface area contributed by atoms with Crippen LogP contribution in [0.25, 0.3) is 0 Å². The monoisotopic (exact) mass is 171 g/mol. The van der Waals surface area contributed by atoms with Crippen LogP contribution < -0.4 is 0 Å². The highest BCUT2D eigenvalue weighted by Crippen LogP contribution is 2.04. The maximum Gasteiger partial charge on any atom is 0.0698 e. The zero-order valence-electron chi connectivity index (χ0n) is 7.83. The zero-order valence-corrected chi connectivity index (χ0v) is 7.83. The summed E-state index contributed by atoms with van der Waals surface area (Å²) in [4.78, 5) is 4.27. The van der Waals surface area contributed by atoms with Gasteiger partial charge in [-0.2, -0.15) is 0 Å². The molecule has 66 valence electrons. The first-order valence-corrected chi connectivity index (χ1v) is 4.16. The van der Waals surface area contributed by atoms with Crippen molar-refractivity contribution in [2.45, 2.75) is 6.92 Å². The van der Waals surface area contributed by atoms with E-state index in [1.807, 2.05) is 37.3 Å². The number of hydrogen-bond acceptors (Lipinski definition) is 1. The van der Waals surface area contributed by atoms with Gasteiger partial charge in [0.05, 0.1) is 5.71 Å². The Hall–Kier alpha value is -1.63. The second kappa shape index (κ2) is 4.41. The molecular weight excluding hydrogens is 158 g/mol. The Morgan fingerprint density at radius 1 is 1.31 bits per heavy atom. The molecule has 0 atom stereocenters. The first-order chi connectivity index (χ1) is 6.24. The molecule has 0 aliphatic carbocycles. The van der Waals surface area contributed by atoms with Crippen LogP contribution in [0.1, 0.15) is 12.5 Å². The summed E-state index contributed by atoms with van der Waals surface area (Å²) in [7, 11) is 0. The fourth-order valence-electron chi connectivity index (χ4n) is 1.04. The van der Waals surface area contributed by atoms with E-state index in [2.05, 4.69) is 18.2 Å². The molecule has 0 radical (unpaired) electrons. The molecule has 0 saturated carbocycles. The third-order valence-electron chi connectivity index (χ3n) is 1.57. The second-order valence-corrected chi connectivity index (χ2v) is 2.80. The minimum Gasteiger partial charge on any atom is -0.254 e. The molecule has 0 fully saturated rings. The standard InChI is InChI=1S/C12H13N/c1-4-12(13-10(2)3)11-8-6-5-7-9-11/h4-9H,1-2H2,3H3. The van der Waals surface area contributed by atoms with Crippen molar-refractivity contribution >= 4 is 5.71 Å². The highest BCUT2D eigenvalue weighted by atomic mass is 14.7. The predicted molar refractivity (Wildman–Crippen MR) is 58.0 cm³/mol. The molecule has 1 aromatic rings. The molecule has 1 aromatic carbocycles. The summed E-state index contributed by atoms with van der Waals surface area (Å²) in [6, 6.07) is 9.94. The van der Waals surface area contributed by atoms with Crippen molar-refractivity contribution in [1.29, 1.82) is 0 Å². The number of aliphatic imine (C=N–C) groups is 1. The molecule has 0 heterocycles. The third kappa shape index (κ3) is 2.71. The number of allylic oxidation sites excluding steroid dienone is 2. The lowest BCUT2D eigenvalue weighted by atomic mass is 10.1. The molecule has 1 heteroatoms. The number of hydrogen-bond donors (Lipinski definition) is 0. The molecule has 0 saturated heterocycles. The van der Waals surface area contributed by atoms with Crippen molar-refractivity contribution < 1.29 is 0 Å². The summed E-state index contributed by atoms with van der Waals surface area (Å²) in [5.41, 5.74) is 2.73. The molecule has 0 amide bonds. The summed E-state index contributed by atoms with van der Waals surface area (Å²) >= 11 is 0. The molecule has 0 unspecified atom stereocenters. The molecule has 0 spiro atoms. The van der Waals surface area contributed by atoms with Crippen LogP contribution in [-0.2, 0) is 0 Å². The largest absolute Gasteiger partial charge is 0.254 e. The first kappa shape index (κ1) is 9.46. The van der Waals surface area contributed by atoms with Gasteiger partial charge in [0.15, 0.2) is 0 Å². The number of rotatable bonds is 3. The van der Waals surface area contributed by atoms with Crippen LogP contribution in [-0.4, -0.2) is 5.71 Å². The molecule has 0 aromatic heterocycles. The quantitative estimate of drug-likeness (QED) is 0.619. The lowest BCUT2D eigenvalue weighted by Gasteiger charge is -2.00. The fraction of sp³-hybridized carbons (Fsp3) is 0.0833. The van der Waals surface area contributed by atoms with Gasteiger partial charge in [-0.05, 0) is 13.0 Å². The smallest absolute Gasteiger partial charge is 0.0698 e. The SMILES string of the molecule is C=CC(=NC(=C)C)c1ccccc1. The summed E-state index contributed by atoms with van der Waals surface area (Å²) in [6.45, 7) is 9.32. The normalized spacial score (nSPS) is 11.0. The lowest BCUT2D eigenvalue weighted by molar-refractivity contribution is 1.32. The van der Waals surface area contributed by atoms with Crippen LogP contribution >= 0.6 is 0 Å². The van der Waals surface area contributed by atoms with Crippen molar-refractivity contribution in [2.75, 3.05) is 0 Å². The topological polar surface area (TPSA) is 12.4 Å². The Balaban J connectivity index is 3.05. The van der Waals surface area contributed by atoms with E-state index in [0.29, 0.717) is 0 Å². The number of benzene rings is 1. The van der Waals surface area contributed by atoms with Crippen molar-refractivity contribution in [2.24, 2.45) is 4.99 Å².